The van der Waals surface area contributed by atoms with Crippen LogP contribution in [0.5, 0.6) is 0 Å². The van der Waals surface area contributed by atoms with Crippen LogP contribution in [0.4, 0.5) is 19.0 Å². The van der Waals surface area contributed by atoms with Crippen molar-refractivity contribution in [2.24, 2.45) is 0 Å². The molecular formula is C12H16F3N3O. The zero-order valence-corrected chi connectivity index (χ0v) is 10.9. The zero-order chi connectivity index (χ0) is 14.6. The number of anilines is 1. The molecule has 0 aliphatic heterocycles. The molecule has 0 aromatic carbocycles. The van der Waals surface area contributed by atoms with Crippen LogP contribution in [0, 0.1) is 6.92 Å². The molecule has 0 saturated carbocycles. The first kappa shape index (κ1) is 15.3. The van der Waals surface area contributed by atoms with Gasteiger partial charge in [0, 0.05) is 24.3 Å². The quantitative estimate of drug-likeness (QED) is 0.887. The highest BCUT2D eigenvalue weighted by molar-refractivity contribution is 5.95. The monoisotopic (exact) mass is 275 g/mol. The van der Waals surface area contributed by atoms with Gasteiger partial charge in [-0.25, -0.2) is 4.98 Å². The van der Waals surface area contributed by atoms with E-state index in [0.717, 1.165) is 0 Å². The smallest absolute Gasteiger partial charge is 0.373 e. The second-order valence-corrected chi connectivity index (χ2v) is 4.33. The van der Waals surface area contributed by atoms with Crippen LogP contribution in [-0.2, 0) is 0 Å². The molecule has 1 rings (SSSR count). The number of nitrogens with one attached hydrogen (secondary N) is 2. The van der Waals surface area contributed by atoms with Gasteiger partial charge in [-0.05, 0) is 26.0 Å². The number of amides is 1. The van der Waals surface area contributed by atoms with Crippen LogP contribution in [0.1, 0.15) is 29.4 Å². The topological polar surface area (TPSA) is 54.0 Å². The van der Waals surface area contributed by atoms with Crippen molar-refractivity contribution in [2.45, 2.75) is 32.5 Å². The third-order valence-electron chi connectivity index (χ3n) is 2.39. The summed E-state index contributed by atoms with van der Waals surface area (Å²) in [4.78, 5) is 15.9. The summed E-state index contributed by atoms with van der Waals surface area (Å²) in [5, 5.41) is 5.10. The fourth-order valence-electron chi connectivity index (χ4n) is 1.63. The molecule has 1 amide bonds. The van der Waals surface area contributed by atoms with Gasteiger partial charge in [0.15, 0.2) is 0 Å². The summed E-state index contributed by atoms with van der Waals surface area (Å²) in [5.41, 5.74) is 0.895. The molecule has 0 fully saturated rings. The van der Waals surface area contributed by atoms with E-state index in [2.05, 4.69) is 15.6 Å². The molecule has 0 spiro atoms. The molecule has 0 saturated heterocycles. The number of alkyl halides is 3. The lowest BCUT2D eigenvalue weighted by Crippen LogP contribution is -2.36. The molecular weight excluding hydrogens is 259 g/mol. The zero-order valence-electron chi connectivity index (χ0n) is 10.9. The number of aryl methyl sites for hydroxylation is 1. The fraction of sp³-hybridized carbons (Fsp3) is 0.500. The molecule has 1 aromatic rings. The van der Waals surface area contributed by atoms with Crippen molar-refractivity contribution in [1.82, 2.24) is 10.3 Å². The molecule has 7 heteroatoms. The predicted octanol–water partition coefficient (Wildman–Crippen LogP) is 2.50. The Hall–Kier alpha value is -1.79. The summed E-state index contributed by atoms with van der Waals surface area (Å²) >= 11 is 0. The number of pyridine rings is 1. The first-order valence-electron chi connectivity index (χ1n) is 5.75. The average molecular weight is 275 g/mol. The largest absolute Gasteiger partial charge is 0.391 e. The van der Waals surface area contributed by atoms with Gasteiger partial charge >= 0.3 is 6.18 Å². The summed E-state index contributed by atoms with van der Waals surface area (Å²) < 4.78 is 36.5. The van der Waals surface area contributed by atoms with Gasteiger partial charge in [0.2, 0.25) is 0 Å². The fourth-order valence-corrected chi connectivity index (χ4v) is 1.63. The van der Waals surface area contributed by atoms with E-state index in [0.29, 0.717) is 11.5 Å². The molecule has 1 heterocycles. The van der Waals surface area contributed by atoms with Crippen LogP contribution in [0.3, 0.4) is 0 Å². The van der Waals surface area contributed by atoms with Crippen LogP contribution >= 0.6 is 0 Å². The SMILES string of the molecule is CNc1cc(C(=O)NC(C)CC(F)(F)F)cc(C)n1. The van der Waals surface area contributed by atoms with E-state index in [4.69, 9.17) is 0 Å². The second-order valence-electron chi connectivity index (χ2n) is 4.33. The number of rotatable bonds is 4. The van der Waals surface area contributed by atoms with E-state index in [1.165, 1.54) is 19.1 Å². The number of carbonyl (C=O) groups is 1. The Bertz CT molecular complexity index is 460. The number of hydrogen-bond acceptors (Lipinski definition) is 3. The van der Waals surface area contributed by atoms with E-state index in [1.54, 1.807) is 14.0 Å². The van der Waals surface area contributed by atoms with Crippen molar-refractivity contribution in [3.05, 3.63) is 23.4 Å². The van der Waals surface area contributed by atoms with E-state index >= 15 is 0 Å². The number of halogens is 3. The third-order valence-corrected chi connectivity index (χ3v) is 2.39. The Morgan fingerprint density at radius 1 is 1.42 bits per heavy atom. The maximum Gasteiger partial charge on any atom is 0.391 e. The molecule has 0 aliphatic carbocycles. The van der Waals surface area contributed by atoms with E-state index in [9.17, 15) is 18.0 Å². The van der Waals surface area contributed by atoms with Crippen molar-refractivity contribution in [3.8, 4) is 0 Å². The Labute approximate surface area is 109 Å². The van der Waals surface area contributed by atoms with Gasteiger partial charge in [-0.2, -0.15) is 13.2 Å². The van der Waals surface area contributed by atoms with Crippen molar-refractivity contribution < 1.29 is 18.0 Å². The van der Waals surface area contributed by atoms with Crippen LogP contribution in [-0.4, -0.2) is 30.2 Å². The van der Waals surface area contributed by atoms with E-state index in [-0.39, 0.29) is 5.56 Å². The van der Waals surface area contributed by atoms with Crippen molar-refractivity contribution in [3.63, 3.8) is 0 Å². The third kappa shape index (κ3) is 5.15. The van der Waals surface area contributed by atoms with Gasteiger partial charge in [0.1, 0.15) is 5.82 Å². The van der Waals surface area contributed by atoms with Crippen molar-refractivity contribution >= 4 is 11.7 Å². The summed E-state index contributed by atoms with van der Waals surface area (Å²) in [7, 11) is 1.65. The average Bonchev–Trinajstić information content (AvgIpc) is 2.25. The van der Waals surface area contributed by atoms with Gasteiger partial charge in [0.05, 0.1) is 6.42 Å². The van der Waals surface area contributed by atoms with Crippen LogP contribution in [0.25, 0.3) is 0 Å². The first-order valence-corrected chi connectivity index (χ1v) is 5.75. The molecule has 1 atom stereocenters. The lowest BCUT2D eigenvalue weighted by Gasteiger charge is -2.16. The Morgan fingerprint density at radius 3 is 2.58 bits per heavy atom. The first-order chi connectivity index (χ1) is 8.71. The Morgan fingerprint density at radius 2 is 2.05 bits per heavy atom. The lowest BCUT2D eigenvalue weighted by atomic mass is 10.1. The standard InChI is InChI=1S/C12H16F3N3O/c1-7-4-9(5-10(16-3)17-7)11(19)18-8(2)6-12(13,14)15/h4-5,8H,6H2,1-3H3,(H,16,17)(H,18,19). The highest BCUT2D eigenvalue weighted by atomic mass is 19.4. The van der Waals surface area contributed by atoms with Gasteiger partial charge in [-0.1, -0.05) is 0 Å². The molecule has 1 aromatic heterocycles. The second kappa shape index (κ2) is 5.90. The van der Waals surface area contributed by atoms with Crippen molar-refractivity contribution in [2.75, 3.05) is 12.4 Å². The highest BCUT2D eigenvalue weighted by Crippen LogP contribution is 2.21. The van der Waals surface area contributed by atoms with Gasteiger partial charge in [0.25, 0.3) is 5.91 Å². The number of aromatic nitrogens is 1. The predicted molar refractivity (Wildman–Crippen MR) is 66.1 cm³/mol. The van der Waals surface area contributed by atoms with Crippen molar-refractivity contribution in [1.29, 1.82) is 0 Å². The molecule has 1 unspecified atom stereocenters. The number of carbonyl (C=O) groups excluding carboxylic acids is 1. The molecule has 2 N–H and O–H groups in total. The minimum absolute atomic E-state index is 0.283. The van der Waals surface area contributed by atoms with Crippen LogP contribution in [0.15, 0.2) is 12.1 Å². The summed E-state index contributed by atoms with van der Waals surface area (Å²) in [6.07, 6.45) is -5.35. The maximum atomic E-state index is 12.2. The molecule has 0 radical (unpaired) electrons. The number of nitrogens with zero attached hydrogens (tertiary/aromatic N) is 1. The maximum absolute atomic E-state index is 12.2. The van der Waals surface area contributed by atoms with E-state index in [1.807, 2.05) is 0 Å². The molecule has 4 nitrogen and oxygen atoms in total. The minimum Gasteiger partial charge on any atom is -0.373 e. The molecule has 0 aliphatic rings. The minimum atomic E-state index is -4.29. The van der Waals surface area contributed by atoms with Crippen LogP contribution < -0.4 is 10.6 Å². The highest BCUT2D eigenvalue weighted by Gasteiger charge is 2.30. The van der Waals surface area contributed by atoms with Gasteiger partial charge in [-0.3, -0.25) is 4.79 Å². The van der Waals surface area contributed by atoms with Gasteiger partial charge < -0.3 is 10.6 Å². The number of hydrogen-bond donors (Lipinski definition) is 2. The summed E-state index contributed by atoms with van der Waals surface area (Å²) in [6.45, 7) is 3.02. The van der Waals surface area contributed by atoms with E-state index < -0.39 is 24.5 Å². The lowest BCUT2D eigenvalue weighted by molar-refractivity contribution is -0.138. The summed E-state index contributed by atoms with van der Waals surface area (Å²) in [6, 6.07) is 2.04. The molecule has 19 heavy (non-hydrogen) atoms. The molecule has 0 bridgehead atoms. The van der Waals surface area contributed by atoms with Gasteiger partial charge in [-0.15, -0.1) is 0 Å². The summed E-state index contributed by atoms with van der Waals surface area (Å²) in [5.74, 6) is -0.0487. The Kier molecular flexibility index (Phi) is 4.74. The Balaban J connectivity index is 2.75. The van der Waals surface area contributed by atoms with Crippen LogP contribution in [0.2, 0.25) is 0 Å². The normalized spacial score (nSPS) is 12.9. The molecule has 106 valence electrons.